The first-order valence-corrected chi connectivity index (χ1v) is 8.24. The van der Waals surface area contributed by atoms with Crippen LogP contribution in [0.1, 0.15) is 52.2 Å². The lowest BCUT2D eigenvalue weighted by Crippen LogP contribution is -2.44. The third kappa shape index (κ3) is 2.56. The molecule has 4 heteroatoms. The van der Waals surface area contributed by atoms with Crippen LogP contribution in [0.2, 0.25) is 0 Å². The summed E-state index contributed by atoms with van der Waals surface area (Å²) in [5, 5.41) is 0. The van der Waals surface area contributed by atoms with Gasteiger partial charge in [0.25, 0.3) is 5.91 Å². The minimum Gasteiger partial charge on any atom is -0.335 e. The van der Waals surface area contributed by atoms with Gasteiger partial charge in [-0.25, -0.2) is 0 Å². The first-order valence-electron chi connectivity index (χ1n) is 7.42. The summed E-state index contributed by atoms with van der Waals surface area (Å²) < 4.78 is 0. The number of thiophene rings is 1. The van der Waals surface area contributed by atoms with Gasteiger partial charge in [-0.2, -0.15) is 0 Å². The molecule has 0 aromatic carbocycles. The fraction of sp³-hybridized carbons (Fsp3) is 0.667. The van der Waals surface area contributed by atoms with E-state index in [4.69, 9.17) is 5.73 Å². The zero-order valence-electron chi connectivity index (χ0n) is 11.4. The van der Waals surface area contributed by atoms with Crippen LogP contribution in [0.3, 0.4) is 0 Å². The molecule has 1 amide bonds. The van der Waals surface area contributed by atoms with Gasteiger partial charge in [-0.05, 0) is 63.1 Å². The number of hydrogen-bond donors (Lipinski definition) is 1. The summed E-state index contributed by atoms with van der Waals surface area (Å²) in [6, 6.07) is 2.51. The minimum atomic E-state index is 0.248. The summed E-state index contributed by atoms with van der Waals surface area (Å²) in [6.07, 6.45) is 8.01. The highest BCUT2D eigenvalue weighted by Gasteiger charge is 2.29. The van der Waals surface area contributed by atoms with E-state index >= 15 is 0 Å². The highest BCUT2D eigenvalue weighted by atomic mass is 32.1. The molecule has 2 aliphatic rings. The standard InChI is InChI=1S/C15H22N2OS/c16-8-7-12-5-1-2-9-17(12)15(18)14-10-11-4-3-6-13(11)19-14/h10,12H,1-9,16H2. The van der Waals surface area contributed by atoms with Gasteiger partial charge in [-0.15, -0.1) is 11.3 Å². The lowest BCUT2D eigenvalue weighted by molar-refractivity contribution is 0.0610. The van der Waals surface area contributed by atoms with Crippen LogP contribution >= 0.6 is 11.3 Å². The average molecular weight is 278 g/mol. The Labute approximate surface area is 118 Å². The average Bonchev–Trinajstić information content (AvgIpc) is 2.99. The van der Waals surface area contributed by atoms with Crippen LogP contribution in [-0.4, -0.2) is 29.9 Å². The number of likely N-dealkylation sites (tertiary alicyclic amines) is 1. The summed E-state index contributed by atoms with van der Waals surface area (Å²) in [7, 11) is 0. The van der Waals surface area contributed by atoms with Gasteiger partial charge in [-0.1, -0.05) is 0 Å². The molecular formula is C15H22N2OS. The van der Waals surface area contributed by atoms with Crippen LogP contribution in [0.4, 0.5) is 0 Å². The van der Waals surface area contributed by atoms with Crippen molar-refractivity contribution in [2.75, 3.05) is 13.1 Å². The van der Waals surface area contributed by atoms with Gasteiger partial charge in [-0.3, -0.25) is 4.79 Å². The zero-order chi connectivity index (χ0) is 13.2. The molecule has 0 radical (unpaired) electrons. The Morgan fingerprint density at radius 3 is 3.05 bits per heavy atom. The quantitative estimate of drug-likeness (QED) is 0.923. The number of hydrogen-bond acceptors (Lipinski definition) is 3. The highest BCUT2D eigenvalue weighted by Crippen LogP contribution is 2.32. The number of amides is 1. The van der Waals surface area contributed by atoms with E-state index in [9.17, 15) is 4.79 Å². The molecule has 1 fully saturated rings. The summed E-state index contributed by atoms with van der Waals surface area (Å²) in [5.74, 6) is 0.248. The molecule has 1 atom stereocenters. The lowest BCUT2D eigenvalue weighted by atomic mass is 9.99. The molecule has 1 aliphatic heterocycles. The van der Waals surface area contributed by atoms with Crippen LogP contribution in [0.5, 0.6) is 0 Å². The second kappa shape index (κ2) is 5.63. The van der Waals surface area contributed by atoms with E-state index in [0.717, 1.165) is 37.1 Å². The number of carbonyl (C=O) groups is 1. The van der Waals surface area contributed by atoms with Crippen molar-refractivity contribution in [1.29, 1.82) is 0 Å². The molecule has 19 heavy (non-hydrogen) atoms. The van der Waals surface area contributed by atoms with Crippen molar-refractivity contribution < 1.29 is 4.79 Å². The molecule has 1 aliphatic carbocycles. The summed E-state index contributed by atoms with van der Waals surface area (Å²) in [4.78, 5) is 17.2. The normalized spacial score (nSPS) is 22.6. The molecule has 1 aromatic rings. The number of carbonyl (C=O) groups excluding carboxylic acids is 1. The maximum atomic E-state index is 12.7. The lowest BCUT2D eigenvalue weighted by Gasteiger charge is -2.35. The number of aryl methyl sites for hydroxylation is 2. The maximum Gasteiger partial charge on any atom is 0.264 e. The van der Waals surface area contributed by atoms with Crippen LogP contribution < -0.4 is 5.73 Å². The number of nitrogens with two attached hydrogens (primary N) is 1. The van der Waals surface area contributed by atoms with E-state index < -0.39 is 0 Å². The van der Waals surface area contributed by atoms with Crippen molar-refractivity contribution >= 4 is 17.2 Å². The third-order valence-electron chi connectivity index (χ3n) is 4.35. The number of fused-ring (bicyclic) bond motifs is 1. The Morgan fingerprint density at radius 2 is 2.26 bits per heavy atom. The molecule has 2 heterocycles. The predicted molar refractivity (Wildman–Crippen MR) is 78.7 cm³/mol. The largest absolute Gasteiger partial charge is 0.335 e. The Morgan fingerprint density at radius 1 is 1.37 bits per heavy atom. The molecule has 0 spiro atoms. The van der Waals surface area contributed by atoms with Crippen LogP contribution in [-0.2, 0) is 12.8 Å². The number of nitrogens with zero attached hydrogens (tertiary/aromatic N) is 1. The van der Waals surface area contributed by atoms with E-state index in [1.54, 1.807) is 11.3 Å². The summed E-state index contributed by atoms with van der Waals surface area (Å²) >= 11 is 1.72. The monoisotopic (exact) mass is 278 g/mol. The van der Waals surface area contributed by atoms with E-state index in [1.807, 2.05) is 0 Å². The van der Waals surface area contributed by atoms with Gasteiger partial charge in [0.1, 0.15) is 0 Å². The second-order valence-corrected chi connectivity index (χ2v) is 6.77. The second-order valence-electron chi connectivity index (χ2n) is 5.64. The Balaban J connectivity index is 1.77. The number of rotatable bonds is 3. The number of piperidine rings is 1. The van der Waals surface area contributed by atoms with Crippen molar-refractivity contribution in [3.05, 3.63) is 21.4 Å². The molecule has 0 saturated carbocycles. The summed E-state index contributed by atoms with van der Waals surface area (Å²) in [5.41, 5.74) is 7.10. The van der Waals surface area contributed by atoms with Crippen molar-refractivity contribution in [1.82, 2.24) is 4.90 Å². The van der Waals surface area contributed by atoms with Crippen molar-refractivity contribution in [3.63, 3.8) is 0 Å². The van der Waals surface area contributed by atoms with E-state index in [1.165, 1.54) is 29.7 Å². The molecule has 1 unspecified atom stereocenters. The molecular weight excluding hydrogens is 256 g/mol. The van der Waals surface area contributed by atoms with Crippen molar-refractivity contribution in [2.45, 2.75) is 51.0 Å². The van der Waals surface area contributed by atoms with Gasteiger partial charge in [0.05, 0.1) is 4.88 Å². The smallest absolute Gasteiger partial charge is 0.264 e. The summed E-state index contributed by atoms with van der Waals surface area (Å²) in [6.45, 7) is 1.58. The predicted octanol–water partition coefficient (Wildman–Crippen LogP) is 2.58. The molecule has 0 bridgehead atoms. The fourth-order valence-corrected chi connectivity index (χ4v) is 4.55. The topological polar surface area (TPSA) is 46.3 Å². The molecule has 3 nitrogen and oxygen atoms in total. The first-order chi connectivity index (χ1) is 9.29. The third-order valence-corrected chi connectivity index (χ3v) is 5.57. The van der Waals surface area contributed by atoms with Gasteiger partial charge >= 0.3 is 0 Å². The molecule has 104 valence electrons. The van der Waals surface area contributed by atoms with Crippen molar-refractivity contribution in [2.24, 2.45) is 5.73 Å². The van der Waals surface area contributed by atoms with E-state index in [0.29, 0.717) is 12.6 Å². The SMILES string of the molecule is NCCC1CCCCN1C(=O)c1cc2c(s1)CCC2. The van der Waals surface area contributed by atoms with Crippen molar-refractivity contribution in [3.8, 4) is 0 Å². The fourth-order valence-electron chi connectivity index (χ4n) is 3.34. The van der Waals surface area contributed by atoms with E-state index in [2.05, 4.69) is 11.0 Å². The molecule has 1 saturated heterocycles. The van der Waals surface area contributed by atoms with Crippen LogP contribution in [0.25, 0.3) is 0 Å². The highest BCUT2D eigenvalue weighted by molar-refractivity contribution is 7.14. The first kappa shape index (κ1) is 13.1. The maximum absolute atomic E-state index is 12.7. The molecule has 3 rings (SSSR count). The van der Waals surface area contributed by atoms with Gasteiger partial charge < -0.3 is 10.6 Å². The minimum absolute atomic E-state index is 0.248. The molecule has 2 N–H and O–H groups in total. The Bertz CT molecular complexity index is 445. The zero-order valence-corrected chi connectivity index (χ0v) is 12.2. The Kier molecular flexibility index (Phi) is 3.89. The van der Waals surface area contributed by atoms with Gasteiger partial charge in [0, 0.05) is 17.5 Å². The molecule has 1 aromatic heterocycles. The van der Waals surface area contributed by atoms with E-state index in [-0.39, 0.29) is 5.91 Å². The van der Waals surface area contributed by atoms with Crippen LogP contribution in [0, 0.1) is 0 Å². The van der Waals surface area contributed by atoms with Crippen LogP contribution in [0.15, 0.2) is 6.07 Å². The Hall–Kier alpha value is -0.870. The van der Waals surface area contributed by atoms with Gasteiger partial charge in [0.15, 0.2) is 0 Å². The van der Waals surface area contributed by atoms with Gasteiger partial charge in [0.2, 0.25) is 0 Å².